The van der Waals surface area contributed by atoms with Gasteiger partial charge in [0.1, 0.15) is 5.75 Å². The lowest BCUT2D eigenvalue weighted by Crippen LogP contribution is -2.49. The molecule has 0 aliphatic carbocycles. The number of sulfonamides is 1. The largest absolute Gasteiger partial charge is 0.494 e. The van der Waals surface area contributed by atoms with Crippen molar-refractivity contribution in [2.75, 3.05) is 39.3 Å². The second-order valence-corrected chi connectivity index (χ2v) is 8.93. The van der Waals surface area contributed by atoms with Gasteiger partial charge in [-0.3, -0.25) is 0 Å². The number of piperazine rings is 1. The van der Waals surface area contributed by atoms with Crippen molar-refractivity contribution >= 4 is 10.0 Å². The molecule has 9 heteroatoms. The highest BCUT2D eigenvalue weighted by molar-refractivity contribution is 7.89. The van der Waals surface area contributed by atoms with Crippen LogP contribution in [0, 0.1) is 20.8 Å². The fourth-order valence-corrected chi connectivity index (χ4v) is 5.09. The molecule has 28 heavy (non-hydrogen) atoms. The first kappa shape index (κ1) is 20.8. The van der Waals surface area contributed by atoms with E-state index in [1.165, 1.54) is 0 Å². The Balaban J connectivity index is 1.63. The lowest BCUT2D eigenvalue weighted by atomic mass is 10.1. The van der Waals surface area contributed by atoms with E-state index in [1.807, 2.05) is 26.8 Å². The van der Waals surface area contributed by atoms with Gasteiger partial charge in [0.25, 0.3) is 0 Å². The van der Waals surface area contributed by atoms with E-state index in [0.717, 1.165) is 17.9 Å². The quantitative estimate of drug-likeness (QED) is 0.692. The number of nitrogens with zero attached hydrogens (tertiary/aromatic N) is 4. The molecule has 0 N–H and O–H groups in total. The van der Waals surface area contributed by atoms with Gasteiger partial charge >= 0.3 is 0 Å². The van der Waals surface area contributed by atoms with E-state index in [4.69, 9.17) is 9.15 Å². The van der Waals surface area contributed by atoms with Crippen molar-refractivity contribution in [3.8, 4) is 5.75 Å². The van der Waals surface area contributed by atoms with E-state index in [9.17, 15) is 8.42 Å². The minimum Gasteiger partial charge on any atom is -0.494 e. The molecule has 2 heterocycles. The summed E-state index contributed by atoms with van der Waals surface area (Å²) in [5.41, 5.74) is 1.54. The molecule has 1 aromatic heterocycles. The maximum atomic E-state index is 13.2. The first-order valence-corrected chi connectivity index (χ1v) is 11.0. The van der Waals surface area contributed by atoms with Crippen LogP contribution in [0.25, 0.3) is 0 Å². The average molecular weight is 409 g/mol. The van der Waals surface area contributed by atoms with Crippen molar-refractivity contribution in [1.29, 1.82) is 0 Å². The van der Waals surface area contributed by atoms with Crippen molar-refractivity contribution < 1.29 is 17.6 Å². The maximum Gasteiger partial charge on any atom is 0.243 e. The van der Waals surface area contributed by atoms with Crippen molar-refractivity contribution in [3.63, 3.8) is 0 Å². The summed E-state index contributed by atoms with van der Waals surface area (Å²) in [6, 6.07) is 3.54. The third kappa shape index (κ3) is 4.53. The summed E-state index contributed by atoms with van der Waals surface area (Å²) in [4.78, 5) is 2.59. The molecule has 1 aromatic carbocycles. The minimum absolute atomic E-state index is 0.364. The third-order valence-corrected chi connectivity index (χ3v) is 6.97. The summed E-state index contributed by atoms with van der Waals surface area (Å²) in [7, 11) is -3.52. The summed E-state index contributed by atoms with van der Waals surface area (Å²) in [6.07, 6.45) is 0.671. The summed E-state index contributed by atoms with van der Waals surface area (Å²) in [5.74, 6) is 1.92. The van der Waals surface area contributed by atoms with Crippen molar-refractivity contribution in [2.24, 2.45) is 0 Å². The molecular formula is C19H28N4O4S. The van der Waals surface area contributed by atoms with Crippen LogP contribution in [0.2, 0.25) is 0 Å². The van der Waals surface area contributed by atoms with Crippen LogP contribution in [0.3, 0.4) is 0 Å². The number of benzene rings is 1. The molecule has 0 radical (unpaired) electrons. The zero-order chi connectivity index (χ0) is 20.3. The van der Waals surface area contributed by atoms with E-state index in [0.29, 0.717) is 61.4 Å². The van der Waals surface area contributed by atoms with E-state index in [-0.39, 0.29) is 0 Å². The van der Waals surface area contributed by atoms with Crippen LogP contribution in [-0.2, 0) is 16.4 Å². The van der Waals surface area contributed by atoms with Gasteiger partial charge in [0.2, 0.25) is 21.8 Å². The Morgan fingerprint density at radius 2 is 1.79 bits per heavy atom. The van der Waals surface area contributed by atoms with Crippen LogP contribution in [-0.4, -0.2) is 67.2 Å². The van der Waals surface area contributed by atoms with Gasteiger partial charge in [0.05, 0.1) is 11.5 Å². The standard InChI is InChI=1S/C19H28N4O4S/c1-5-26-17-12-15(3)18(13-14(17)2)28(24,25)23-10-8-22(9-11-23)7-6-19-21-20-16(4)27-19/h12-13H,5-11H2,1-4H3. The van der Waals surface area contributed by atoms with Crippen LogP contribution in [0.15, 0.2) is 21.4 Å². The smallest absolute Gasteiger partial charge is 0.243 e. The predicted octanol–water partition coefficient (Wildman–Crippen LogP) is 1.94. The molecular weight excluding hydrogens is 380 g/mol. The van der Waals surface area contributed by atoms with E-state index in [2.05, 4.69) is 15.1 Å². The van der Waals surface area contributed by atoms with Crippen LogP contribution in [0.4, 0.5) is 0 Å². The number of hydrogen-bond acceptors (Lipinski definition) is 7. The molecule has 8 nitrogen and oxygen atoms in total. The Morgan fingerprint density at radius 1 is 1.07 bits per heavy atom. The van der Waals surface area contributed by atoms with Crippen LogP contribution < -0.4 is 4.74 Å². The summed E-state index contributed by atoms with van der Waals surface area (Å²) in [5, 5.41) is 7.83. The third-order valence-electron chi connectivity index (χ3n) is 4.93. The van der Waals surface area contributed by atoms with Crippen LogP contribution >= 0.6 is 0 Å². The number of aromatic nitrogens is 2. The van der Waals surface area contributed by atoms with Gasteiger partial charge in [-0.25, -0.2) is 8.42 Å². The van der Waals surface area contributed by atoms with Gasteiger partial charge in [0, 0.05) is 46.1 Å². The molecule has 0 amide bonds. The SMILES string of the molecule is CCOc1cc(C)c(S(=O)(=O)N2CCN(CCc3nnc(C)o3)CC2)cc1C. The van der Waals surface area contributed by atoms with Gasteiger partial charge in [-0.2, -0.15) is 4.31 Å². The normalized spacial score (nSPS) is 16.4. The number of ether oxygens (including phenoxy) is 1. The van der Waals surface area contributed by atoms with E-state index in [1.54, 1.807) is 17.3 Å². The monoisotopic (exact) mass is 408 g/mol. The first-order valence-electron chi connectivity index (χ1n) is 9.56. The van der Waals surface area contributed by atoms with Crippen molar-refractivity contribution in [2.45, 2.75) is 39.0 Å². The molecule has 2 aromatic rings. The molecule has 154 valence electrons. The maximum absolute atomic E-state index is 13.2. The predicted molar refractivity (Wildman–Crippen MR) is 105 cm³/mol. The van der Waals surface area contributed by atoms with Crippen molar-refractivity contribution in [1.82, 2.24) is 19.4 Å². The highest BCUT2D eigenvalue weighted by Gasteiger charge is 2.30. The van der Waals surface area contributed by atoms with Gasteiger partial charge in [-0.05, 0) is 44.0 Å². The van der Waals surface area contributed by atoms with E-state index < -0.39 is 10.0 Å². The van der Waals surface area contributed by atoms with Crippen LogP contribution in [0.5, 0.6) is 5.75 Å². The summed E-state index contributed by atoms with van der Waals surface area (Å²) < 4.78 is 38.8. The van der Waals surface area contributed by atoms with Gasteiger partial charge < -0.3 is 14.1 Å². The number of aryl methyl sites for hydroxylation is 3. The average Bonchev–Trinajstić information content (AvgIpc) is 3.08. The van der Waals surface area contributed by atoms with Crippen molar-refractivity contribution in [3.05, 3.63) is 35.0 Å². The number of rotatable bonds is 7. The summed E-state index contributed by atoms with van der Waals surface area (Å²) >= 11 is 0. The zero-order valence-corrected chi connectivity index (χ0v) is 17.8. The molecule has 1 fully saturated rings. The molecule has 1 aliphatic heterocycles. The molecule has 0 saturated carbocycles. The second kappa shape index (κ2) is 8.59. The summed E-state index contributed by atoms with van der Waals surface area (Å²) in [6.45, 7) is 11.0. The van der Waals surface area contributed by atoms with E-state index >= 15 is 0 Å². The molecule has 0 bridgehead atoms. The zero-order valence-electron chi connectivity index (χ0n) is 16.9. The molecule has 1 aliphatic rings. The lowest BCUT2D eigenvalue weighted by molar-refractivity contribution is 0.186. The Morgan fingerprint density at radius 3 is 2.39 bits per heavy atom. The topological polar surface area (TPSA) is 88.8 Å². The number of hydrogen-bond donors (Lipinski definition) is 0. The van der Waals surface area contributed by atoms with Gasteiger partial charge in [-0.15, -0.1) is 10.2 Å². The Kier molecular flexibility index (Phi) is 6.36. The highest BCUT2D eigenvalue weighted by atomic mass is 32.2. The molecule has 0 spiro atoms. The highest BCUT2D eigenvalue weighted by Crippen LogP contribution is 2.28. The van der Waals surface area contributed by atoms with Gasteiger partial charge in [-0.1, -0.05) is 0 Å². The molecule has 0 atom stereocenters. The Bertz CT molecular complexity index is 918. The van der Waals surface area contributed by atoms with Crippen LogP contribution in [0.1, 0.15) is 29.8 Å². The fourth-order valence-electron chi connectivity index (χ4n) is 3.38. The fraction of sp³-hybridized carbons (Fsp3) is 0.579. The molecule has 0 unspecified atom stereocenters. The Labute approximate surface area is 166 Å². The first-order chi connectivity index (χ1) is 13.3. The second-order valence-electron chi connectivity index (χ2n) is 7.03. The van der Waals surface area contributed by atoms with Gasteiger partial charge in [0.15, 0.2) is 0 Å². The lowest BCUT2D eigenvalue weighted by Gasteiger charge is -2.34. The Hall–Kier alpha value is -1.97. The minimum atomic E-state index is -3.52. The molecule has 3 rings (SSSR count). The molecule has 1 saturated heterocycles.